The number of nitrogens with zero attached hydrogens (tertiary/aromatic N) is 1. The molecule has 3 heterocycles. The van der Waals surface area contributed by atoms with Crippen molar-refractivity contribution < 1.29 is 19.1 Å². The Balaban J connectivity index is 1.41. The Morgan fingerprint density at radius 3 is 2.86 bits per heavy atom. The van der Waals surface area contributed by atoms with Crippen molar-refractivity contribution in [2.24, 2.45) is 0 Å². The van der Waals surface area contributed by atoms with Crippen LogP contribution in [0, 0.1) is 0 Å². The fourth-order valence-electron chi connectivity index (χ4n) is 3.80. The lowest BCUT2D eigenvalue weighted by atomic mass is 9.99. The summed E-state index contributed by atoms with van der Waals surface area (Å²) in [6.07, 6.45) is 1.80. The fourth-order valence-corrected chi connectivity index (χ4v) is 4.50. The summed E-state index contributed by atoms with van der Waals surface area (Å²) in [4.78, 5) is 38.5. The van der Waals surface area contributed by atoms with E-state index in [-0.39, 0.29) is 18.6 Å². The largest absolute Gasteiger partial charge is 0.375 e. The van der Waals surface area contributed by atoms with Crippen molar-refractivity contribution in [2.45, 2.75) is 25.4 Å². The summed E-state index contributed by atoms with van der Waals surface area (Å²) >= 11 is 1.54. The molecule has 3 amide bonds. The highest BCUT2D eigenvalue weighted by molar-refractivity contribution is 7.07. The van der Waals surface area contributed by atoms with E-state index < -0.39 is 11.8 Å². The number of hydrogen-bond acceptors (Lipinski definition) is 5. The minimum Gasteiger partial charge on any atom is -0.375 e. The van der Waals surface area contributed by atoms with Gasteiger partial charge >= 0.3 is 11.8 Å². The molecule has 1 aromatic carbocycles. The molecular formula is C20H21N3O4S. The summed E-state index contributed by atoms with van der Waals surface area (Å²) in [5, 5.41) is 9.15. The standard InChI is InChI=1S/C20H21N3O4S/c1-27-16(13-4-6-28-11-13)10-21-19(25)20(26)22-15-7-12-3-2-5-23-17(24)9-14(8-15)18(12)23/h4,6-8,11,16H,2-3,5,9-10H2,1H3,(H,21,25)(H,22,26). The topological polar surface area (TPSA) is 87.7 Å². The summed E-state index contributed by atoms with van der Waals surface area (Å²) in [5.41, 5.74) is 4.45. The predicted octanol–water partition coefficient (Wildman–Crippen LogP) is 2.03. The van der Waals surface area contributed by atoms with E-state index in [0.717, 1.165) is 41.8 Å². The van der Waals surface area contributed by atoms with Crippen LogP contribution in [0.4, 0.5) is 11.4 Å². The first kappa shape index (κ1) is 18.6. The Morgan fingerprint density at radius 1 is 1.29 bits per heavy atom. The summed E-state index contributed by atoms with van der Waals surface area (Å²) in [6, 6.07) is 5.57. The third-order valence-corrected chi connectivity index (χ3v) is 5.82. The Hall–Kier alpha value is -2.71. The molecule has 4 rings (SSSR count). The number of aryl methyl sites for hydroxylation is 1. The van der Waals surface area contributed by atoms with E-state index in [1.807, 2.05) is 27.8 Å². The Bertz CT molecular complexity index is 926. The van der Waals surface area contributed by atoms with Gasteiger partial charge < -0.3 is 20.3 Å². The highest BCUT2D eigenvalue weighted by atomic mass is 32.1. The molecule has 0 saturated heterocycles. The summed E-state index contributed by atoms with van der Waals surface area (Å²) in [5.74, 6) is -1.36. The molecule has 2 aliphatic heterocycles. The van der Waals surface area contributed by atoms with Crippen LogP contribution in [0.15, 0.2) is 29.0 Å². The molecule has 1 unspecified atom stereocenters. The van der Waals surface area contributed by atoms with Gasteiger partial charge in [0, 0.05) is 25.9 Å². The molecule has 146 valence electrons. The minimum atomic E-state index is -0.732. The molecule has 0 bridgehead atoms. The molecule has 2 N–H and O–H groups in total. The number of nitrogens with one attached hydrogen (secondary N) is 2. The van der Waals surface area contributed by atoms with Crippen molar-refractivity contribution in [2.75, 3.05) is 30.4 Å². The van der Waals surface area contributed by atoms with Gasteiger partial charge in [0.05, 0.1) is 12.1 Å². The zero-order valence-electron chi connectivity index (χ0n) is 15.5. The van der Waals surface area contributed by atoms with E-state index in [4.69, 9.17) is 4.74 Å². The summed E-state index contributed by atoms with van der Waals surface area (Å²) < 4.78 is 5.37. The van der Waals surface area contributed by atoms with E-state index in [1.165, 1.54) is 0 Å². The number of ether oxygens (including phenoxy) is 1. The van der Waals surface area contributed by atoms with E-state index in [1.54, 1.807) is 24.5 Å². The number of methoxy groups -OCH3 is 1. The second-order valence-corrected chi connectivity index (χ2v) is 7.69. The van der Waals surface area contributed by atoms with Crippen molar-refractivity contribution in [3.63, 3.8) is 0 Å². The number of carbonyl (C=O) groups excluding carboxylic acids is 3. The van der Waals surface area contributed by atoms with Gasteiger partial charge in [-0.3, -0.25) is 14.4 Å². The van der Waals surface area contributed by atoms with Crippen LogP contribution < -0.4 is 15.5 Å². The first-order valence-electron chi connectivity index (χ1n) is 9.17. The maximum atomic E-state index is 12.3. The molecule has 0 aliphatic carbocycles. The van der Waals surface area contributed by atoms with Crippen LogP contribution in [-0.2, 0) is 32.0 Å². The maximum Gasteiger partial charge on any atom is 0.313 e. The van der Waals surface area contributed by atoms with Crippen molar-refractivity contribution in [1.29, 1.82) is 0 Å². The Kier molecular flexibility index (Phi) is 5.15. The number of thiophene rings is 1. The first-order valence-corrected chi connectivity index (χ1v) is 10.1. The molecule has 8 heteroatoms. The first-order chi connectivity index (χ1) is 13.6. The smallest absolute Gasteiger partial charge is 0.313 e. The van der Waals surface area contributed by atoms with Gasteiger partial charge in [0.25, 0.3) is 0 Å². The van der Waals surface area contributed by atoms with E-state index in [2.05, 4.69) is 10.6 Å². The molecule has 0 saturated carbocycles. The third kappa shape index (κ3) is 3.53. The summed E-state index contributed by atoms with van der Waals surface area (Å²) in [7, 11) is 1.56. The number of benzene rings is 1. The lowest BCUT2D eigenvalue weighted by Crippen LogP contribution is -2.38. The van der Waals surface area contributed by atoms with Gasteiger partial charge in [-0.1, -0.05) is 0 Å². The second-order valence-electron chi connectivity index (χ2n) is 6.91. The fraction of sp³-hybridized carbons (Fsp3) is 0.350. The van der Waals surface area contributed by atoms with E-state index >= 15 is 0 Å². The van der Waals surface area contributed by atoms with Gasteiger partial charge in [0.1, 0.15) is 6.10 Å². The molecule has 0 radical (unpaired) electrons. The zero-order valence-corrected chi connectivity index (χ0v) is 16.3. The average Bonchev–Trinajstić information content (AvgIpc) is 3.32. The highest BCUT2D eigenvalue weighted by Gasteiger charge is 2.32. The molecule has 1 aromatic heterocycles. The maximum absolute atomic E-state index is 12.3. The van der Waals surface area contributed by atoms with E-state index in [0.29, 0.717) is 12.1 Å². The summed E-state index contributed by atoms with van der Waals surface area (Å²) in [6.45, 7) is 0.954. The van der Waals surface area contributed by atoms with Gasteiger partial charge in [-0.2, -0.15) is 11.3 Å². The Labute approximate surface area is 166 Å². The lowest BCUT2D eigenvalue weighted by Gasteiger charge is -2.26. The highest BCUT2D eigenvalue weighted by Crippen LogP contribution is 2.38. The Morgan fingerprint density at radius 2 is 2.11 bits per heavy atom. The van der Waals surface area contributed by atoms with Crippen LogP contribution in [0.25, 0.3) is 0 Å². The quantitative estimate of drug-likeness (QED) is 0.753. The molecular weight excluding hydrogens is 378 g/mol. The van der Waals surface area contributed by atoms with Crippen molar-refractivity contribution >= 4 is 40.4 Å². The number of amides is 3. The van der Waals surface area contributed by atoms with Crippen LogP contribution in [0.3, 0.4) is 0 Å². The zero-order chi connectivity index (χ0) is 19.7. The third-order valence-electron chi connectivity index (χ3n) is 5.12. The monoisotopic (exact) mass is 399 g/mol. The number of carbonyl (C=O) groups is 3. The van der Waals surface area contributed by atoms with Crippen molar-refractivity contribution in [3.8, 4) is 0 Å². The normalized spacial score (nSPS) is 15.9. The molecule has 0 fully saturated rings. The molecule has 28 heavy (non-hydrogen) atoms. The molecule has 2 aromatic rings. The van der Waals surface area contributed by atoms with Crippen LogP contribution in [0.2, 0.25) is 0 Å². The number of rotatable bonds is 5. The van der Waals surface area contributed by atoms with Gasteiger partial charge in [-0.05, 0) is 58.5 Å². The number of anilines is 2. The van der Waals surface area contributed by atoms with Crippen LogP contribution >= 0.6 is 11.3 Å². The van der Waals surface area contributed by atoms with E-state index in [9.17, 15) is 14.4 Å². The molecule has 1 atom stereocenters. The predicted molar refractivity (Wildman–Crippen MR) is 107 cm³/mol. The SMILES string of the molecule is COC(CNC(=O)C(=O)Nc1cc2c3c(c1)CC(=O)N3CCC2)c1ccsc1. The molecule has 7 nitrogen and oxygen atoms in total. The lowest BCUT2D eigenvalue weighted by molar-refractivity contribution is -0.136. The van der Waals surface area contributed by atoms with Crippen molar-refractivity contribution in [1.82, 2.24) is 5.32 Å². The second kappa shape index (κ2) is 7.73. The van der Waals surface area contributed by atoms with Gasteiger partial charge in [-0.25, -0.2) is 0 Å². The molecule has 2 aliphatic rings. The molecule has 0 spiro atoms. The van der Waals surface area contributed by atoms with Gasteiger partial charge in [0.2, 0.25) is 5.91 Å². The van der Waals surface area contributed by atoms with Crippen LogP contribution in [-0.4, -0.2) is 37.9 Å². The van der Waals surface area contributed by atoms with Gasteiger partial charge in [-0.15, -0.1) is 0 Å². The average molecular weight is 399 g/mol. The number of hydrogen-bond donors (Lipinski definition) is 2. The van der Waals surface area contributed by atoms with Gasteiger partial charge in [0.15, 0.2) is 0 Å². The van der Waals surface area contributed by atoms with Crippen LogP contribution in [0.5, 0.6) is 0 Å². The van der Waals surface area contributed by atoms with Crippen molar-refractivity contribution in [3.05, 3.63) is 45.6 Å². The minimum absolute atomic E-state index is 0.0937. The van der Waals surface area contributed by atoms with Crippen LogP contribution in [0.1, 0.15) is 29.2 Å².